The highest BCUT2D eigenvalue weighted by atomic mass is 19.1. The molecule has 0 radical (unpaired) electrons. The number of hydrogen-bond donors (Lipinski definition) is 2. The lowest BCUT2D eigenvalue weighted by Crippen LogP contribution is -2.37. The minimum atomic E-state index is -0.490. The van der Waals surface area contributed by atoms with E-state index >= 15 is 0 Å². The lowest BCUT2D eigenvalue weighted by atomic mass is 10.1. The van der Waals surface area contributed by atoms with Crippen molar-refractivity contribution in [2.24, 2.45) is 0 Å². The average Bonchev–Trinajstić information content (AvgIpc) is 2.79. The zero-order valence-electron chi connectivity index (χ0n) is 12.0. The SMILES string of the molecule is CCCNC(=O)CNC(=O)c1oc2ccc(F)cc2c1C. The van der Waals surface area contributed by atoms with Crippen LogP contribution in [0.1, 0.15) is 29.5 Å². The van der Waals surface area contributed by atoms with Gasteiger partial charge < -0.3 is 15.1 Å². The quantitative estimate of drug-likeness (QED) is 0.887. The van der Waals surface area contributed by atoms with Crippen LogP contribution in [0, 0.1) is 12.7 Å². The fourth-order valence-electron chi connectivity index (χ4n) is 1.98. The van der Waals surface area contributed by atoms with Crippen molar-refractivity contribution in [1.29, 1.82) is 0 Å². The first-order valence-corrected chi connectivity index (χ1v) is 6.76. The standard InChI is InChI=1S/C15H17FN2O3/c1-3-6-17-13(19)8-18-15(20)14-9(2)11-7-10(16)4-5-12(11)21-14/h4-5,7H,3,6,8H2,1-2H3,(H,17,19)(H,18,20). The minimum absolute atomic E-state index is 0.0962. The summed E-state index contributed by atoms with van der Waals surface area (Å²) in [4.78, 5) is 23.5. The summed E-state index contributed by atoms with van der Waals surface area (Å²) in [5, 5.41) is 5.69. The molecule has 0 spiro atoms. The molecule has 2 amide bonds. The van der Waals surface area contributed by atoms with E-state index in [0.29, 0.717) is 23.1 Å². The molecule has 5 nitrogen and oxygen atoms in total. The molecule has 0 aliphatic heterocycles. The molecule has 1 aromatic carbocycles. The molecule has 0 saturated carbocycles. The molecule has 1 aromatic heterocycles. The monoisotopic (exact) mass is 292 g/mol. The molecule has 21 heavy (non-hydrogen) atoms. The molecule has 0 bridgehead atoms. The normalized spacial score (nSPS) is 10.6. The van der Waals surface area contributed by atoms with Crippen molar-refractivity contribution in [2.45, 2.75) is 20.3 Å². The smallest absolute Gasteiger partial charge is 0.287 e. The second-order valence-electron chi connectivity index (χ2n) is 4.73. The Kier molecular flexibility index (Phi) is 4.57. The number of rotatable bonds is 5. The van der Waals surface area contributed by atoms with Gasteiger partial charge in [0, 0.05) is 17.5 Å². The summed E-state index contributed by atoms with van der Waals surface area (Å²) in [7, 11) is 0. The Balaban J connectivity index is 2.09. The Morgan fingerprint density at radius 1 is 1.29 bits per heavy atom. The van der Waals surface area contributed by atoms with Gasteiger partial charge in [0.05, 0.1) is 6.54 Å². The first-order chi connectivity index (χ1) is 10.0. The second-order valence-corrected chi connectivity index (χ2v) is 4.73. The summed E-state index contributed by atoms with van der Waals surface area (Å²) in [6, 6.07) is 4.06. The number of hydrogen-bond acceptors (Lipinski definition) is 3. The highest BCUT2D eigenvalue weighted by Crippen LogP contribution is 2.25. The van der Waals surface area contributed by atoms with Gasteiger partial charge in [-0.3, -0.25) is 9.59 Å². The van der Waals surface area contributed by atoms with Crippen LogP contribution in [-0.4, -0.2) is 24.9 Å². The highest BCUT2D eigenvalue weighted by molar-refractivity contribution is 6.00. The first-order valence-electron chi connectivity index (χ1n) is 6.76. The van der Waals surface area contributed by atoms with E-state index in [1.165, 1.54) is 18.2 Å². The van der Waals surface area contributed by atoms with Crippen LogP contribution in [0.2, 0.25) is 0 Å². The van der Waals surface area contributed by atoms with Crippen LogP contribution in [0.3, 0.4) is 0 Å². The maximum atomic E-state index is 13.2. The highest BCUT2D eigenvalue weighted by Gasteiger charge is 2.18. The summed E-state index contributed by atoms with van der Waals surface area (Å²) in [6.07, 6.45) is 0.827. The van der Waals surface area contributed by atoms with Gasteiger partial charge in [-0.2, -0.15) is 0 Å². The van der Waals surface area contributed by atoms with Crippen LogP contribution in [0.25, 0.3) is 11.0 Å². The van der Waals surface area contributed by atoms with E-state index in [9.17, 15) is 14.0 Å². The van der Waals surface area contributed by atoms with Gasteiger partial charge in [-0.05, 0) is 31.5 Å². The molecule has 0 aliphatic rings. The van der Waals surface area contributed by atoms with Crippen molar-refractivity contribution in [1.82, 2.24) is 10.6 Å². The molecule has 1 heterocycles. The van der Waals surface area contributed by atoms with Gasteiger partial charge in [-0.15, -0.1) is 0 Å². The minimum Gasteiger partial charge on any atom is -0.451 e. The van der Waals surface area contributed by atoms with Gasteiger partial charge in [0.1, 0.15) is 11.4 Å². The largest absolute Gasteiger partial charge is 0.451 e. The maximum absolute atomic E-state index is 13.2. The Bertz CT molecular complexity index is 679. The summed E-state index contributed by atoms with van der Waals surface area (Å²) < 4.78 is 18.6. The number of halogens is 1. The first kappa shape index (κ1) is 15.0. The summed E-state index contributed by atoms with van der Waals surface area (Å²) in [6.45, 7) is 4.06. The fourth-order valence-corrected chi connectivity index (χ4v) is 1.98. The van der Waals surface area contributed by atoms with Crippen LogP contribution >= 0.6 is 0 Å². The number of carbonyl (C=O) groups excluding carboxylic acids is 2. The molecule has 0 unspecified atom stereocenters. The van der Waals surface area contributed by atoms with Crippen molar-refractivity contribution in [3.8, 4) is 0 Å². The number of furan rings is 1. The maximum Gasteiger partial charge on any atom is 0.287 e. The lowest BCUT2D eigenvalue weighted by molar-refractivity contribution is -0.120. The van der Waals surface area contributed by atoms with Gasteiger partial charge in [-0.25, -0.2) is 4.39 Å². The van der Waals surface area contributed by atoms with E-state index < -0.39 is 11.7 Å². The van der Waals surface area contributed by atoms with Crippen molar-refractivity contribution in [3.05, 3.63) is 35.3 Å². The molecule has 2 aromatic rings. The van der Waals surface area contributed by atoms with E-state index in [2.05, 4.69) is 10.6 Å². The van der Waals surface area contributed by atoms with Crippen molar-refractivity contribution >= 4 is 22.8 Å². The number of benzene rings is 1. The molecule has 112 valence electrons. The van der Waals surface area contributed by atoms with Crippen LogP contribution in [0.5, 0.6) is 0 Å². The second kappa shape index (κ2) is 6.39. The molecular weight excluding hydrogens is 275 g/mol. The third-order valence-electron chi connectivity index (χ3n) is 3.09. The number of fused-ring (bicyclic) bond motifs is 1. The van der Waals surface area contributed by atoms with Crippen LogP contribution in [0.15, 0.2) is 22.6 Å². The van der Waals surface area contributed by atoms with Crippen LogP contribution < -0.4 is 10.6 Å². The molecule has 0 atom stereocenters. The van der Waals surface area contributed by atoms with E-state index in [-0.39, 0.29) is 18.2 Å². The molecule has 6 heteroatoms. The van der Waals surface area contributed by atoms with Crippen molar-refractivity contribution in [2.75, 3.05) is 13.1 Å². The van der Waals surface area contributed by atoms with Gasteiger partial charge in [-0.1, -0.05) is 6.92 Å². The Morgan fingerprint density at radius 3 is 2.76 bits per heavy atom. The summed E-state index contributed by atoms with van der Waals surface area (Å²) in [5.41, 5.74) is 0.991. The Labute approximate surface area is 121 Å². The predicted molar refractivity (Wildman–Crippen MR) is 76.5 cm³/mol. The van der Waals surface area contributed by atoms with Crippen molar-refractivity contribution < 1.29 is 18.4 Å². The van der Waals surface area contributed by atoms with E-state index in [0.717, 1.165) is 6.42 Å². The van der Waals surface area contributed by atoms with E-state index in [1.807, 2.05) is 6.92 Å². The van der Waals surface area contributed by atoms with Gasteiger partial charge >= 0.3 is 0 Å². The Morgan fingerprint density at radius 2 is 2.05 bits per heavy atom. The number of nitrogens with one attached hydrogen (secondary N) is 2. The van der Waals surface area contributed by atoms with Gasteiger partial charge in [0.15, 0.2) is 5.76 Å². The summed E-state index contributed by atoms with van der Waals surface area (Å²) in [5.74, 6) is -1.04. The zero-order valence-corrected chi connectivity index (χ0v) is 12.0. The van der Waals surface area contributed by atoms with Gasteiger partial charge in [0.25, 0.3) is 5.91 Å². The molecule has 0 fully saturated rings. The van der Waals surface area contributed by atoms with Gasteiger partial charge in [0.2, 0.25) is 5.91 Å². The third kappa shape index (κ3) is 3.39. The van der Waals surface area contributed by atoms with Crippen LogP contribution in [0.4, 0.5) is 4.39 Å². The number of aryl methyl sites for hydroxylation is 1. The van der Waals surface area contributed by atoms with Crippen molar-refractivity contribution in [3.63, 3.8) is 0 Å². The summed E-state index contributed by atoms with van der Waals surface area (Å²) >= 11 is 0. The van der Waals surface area contributed by atoms with E-state index in [1.54, 1.807) is 6.92 Å². The fraction of sp³-hybridized carbons (Fsp3) is 0.333. The zero-order chi connectivity index (χ0) is 15.4. The third-order valence-corrected chi connectivity index (χ3v) is 3.09. The molecule has 0 saturated heterocycles. The van der Waals surface area contributed by atoms with Crippen LogP contribution in [-0.2, 0) is 4.79 Å². The lowest BCUT2D eigenvalue weighted by Gasteiger charge is -2.04. The van der Waals surface area contributed by atoms with E-state index in [4.69, 9.17) is 4.42 Å². The molecule has 2 rings (SSSR count). The molecule has 0 aliphatic carbocycles. The molecular formula is C15H17FN2O3. The molecule has 2 N–H and O–H groups in total. The number of amides is 2. The Hall–Kier alpha value is -2.37. The average molecular weight is 292 g/mol. The number of carbonyl (C=O) groups is 2. The topological polar surface area (TPSA) is 71.3 Å². The predicted octanol–water partition coefficient (Wildman–Crippen LogP) is 2.14.